The monoisotopic (exact) mass is 236 g/mol. The maximum Gasteiger partial charge on any atom is 0.237 e. The van der Waals surface area contributed by atoms with Crippen LogP contribution in [0.4, 0.5) is 0 Å². The molecule has 1 aliphatic heterocycles. The molecule has 16 heavy (non-hydrogen) atoms. The van der Waals surface area contributed by atoms with Crippen LogP contribution in [0, 0.1) is 0 Å². The highest BCUT2D eigenvalue weighted by Gasteiger charge is 2.26. The Hall–Kier alpha value is -1.00. The second kappa shape index (κ2) is 5.37. The number of aryl methyl sites for hydroxylation is 1. The Morgan fingerprint density at radius 2 is 2.31 bits per heavy atom. The number of benzene rings is 1. The van der Waals surface area contributed by atoms with Crippen LogP contribution >= 0.6 is 11.8 Å². The lowest BCUT2D eigenvalue weighted by atomic mass is 10.0. The van der Waals surface area contributed by atoms with Crippen molar-refractivity contribution in [3.05, 3.63) is 35.4 Å². The van der Waals surface area contributed by atoms with Crippen molar-refractivity contribution in [3.63, 3.8) is 0 Å². The zero-order chi connectivity index (χ0) is 11.4. The molecular formula is C12H16N2OS. The summed E-state index contributed by atoms with van der Waals surface area (Å²) in [5.41, 5.74) is 7.84. The van der Waals surface area contributed by atoms with Gasteiger partial charge in [-0.3, -0.25) is 4.79 Å². The summed E-state index contributed by atoms with van der Waals surface area (Å²) in [6.45, 7) is 1.04. The lowest BCUT2D eigenvalue weighted by Crippen LogP contribution is -2.33. The van der Waals surface area contributed by atoms with Crippen LogP contribution < -0.4 is 11.1 Å². The molecule has 0 fully saturated rings. The molecule has 86 valence electrons. The fourth-order valence-corrected chi connectivity index (χ4v) is 3.12. The van der Waals surface area contributed by atoms with Gasteiger partial charge in [-0.1, -0.05) is 24.3 Å². The van der Waals surface area contributed by atoms with Gasteiger partial charge in [0.2, 0.25) is 5.91 Å². The average Bonchev–Trinajstić information content (AvgIpc) is 2.35. The fourth-order valence-electron chi connectivity index (χ4n) is 1.90. The van der Waals surface area contributed by atoms with Crippen LogP contribution in [-0.4, -0.2) is 24.7 Å². The first-order valence-corrected chi connectivity index (χ1v) is 6.55. The Balaban J connectivity index is 2.15. The van der Waals surface area contributed by atoms with E-state index >= 15 is 0 Å². The predicted molar refractivity (Wildman–Crippen MR) is 67.4 cm³/mol. The standard InChI is InChI=1S/C12H16N2OS/c13-6-7-14-12(15)11-10-4-2-1-3-9(10)5-8-16-11/h1-4,11H,5-8,13H2,(H,14,15). The number of carbonyl (C=O) groups excluding carboxylic acids is 1. The van der Waals surface area contributed by atoms with Crippen molar-refractivity contribution < 1.29 is 4.79 Å². The number of hydrogen-bond donors (Lipinski definition) is 2. The smallest absolute Gasteiger partial charge is 0.237 e. The summed E-state index contributed by atoms with van der Waals surface area (Å²) in [4.78, 5) is 11.9. The molecule has 1 aliphatic rings. The molecule has 0 radical (unpaired) electrons. The van der Waals surface area contributed by atoms with Gasteiger partial charge in [0.25, 0.3) is 0 Å². The lowest BCUT2D eigenvalue weighted by molar-refractivity contribution is -0.120. The Morgan fingerprint density at radius 1 is 1.50 bits per heavy atom. The number of fused-ring (bicyclic) bond motifs is 1. The third-order valence-electron chi connectivity index (χ3n) is 2.68. The highest BCUT2D eigenvalue weighted by atomic mass is 32.2. The number of nitrogens with one attached hydrogen (secondary N) is 1. The van der Waals surface area contributed by atoms with Crippen LogP contribution in [0.25, 0.3) is 0 Å². The maximum absolute atomic E-state index is 11.9. The first-order chi connectivity index (χ1) is 7.83. The predicted octanol–water partition coefficient (Wildman–Crippen LogP) is 1.09. The van der Waals surface area contributed by atoms with Crippen molar-refractivity contribution in [1.82, 2.24) is 5.32 Å². The van der Waals surface area contributed by atoms with Gasteiger partial charge in [-0.25, -0.2) is 0 Å². The van der Waals surface area contributed by atoms with Gasteiger partial charge >= 0.3 is 0 Å². The van der Waals surface area contributed by atoms with Gasteiger partial charge in [0.05, 0.1) is 0 Å². The quantitative estimate of drug-likeness (QED) is 0.826. The molecule has 3 nitrogen and oxygen atoms in total. The van der Waals surface area contributed by atoms with Crippen LogP contribution in [0.2, 0.25) is 0 Å². The van der Waals surface area contributed by atoms with Crippen molar-refractivity contribution >= 4 is 17.7 Å². The van der Waals surface area contributed by atoms with Gasteiger partial charge < -0.3 is 11.1 Å². The summed E-state index contributed by atoms with van der Waals surface area (Å²) in [5.74, 6) is 1.10. The molecule has 1 amide bonds. The number of hydrogen-bond acceptors (Lipinski definition) is 3. The van der Waals surface area contributed by atoms with Gasteiger partial charge in [-0.05, 0) is 23.3 Å². The number of amides is 1. The summed E-state index contributed by atoms with van der Waals surface area (Å²) in [6.07, 6.45) is 1.06. The SMILES string of the molecule is NCCNC(=O)C1SCCc2ccccc21. The van der Waals surface area contributed by atoms with E-state index in [1.54, 1.807) is 11.8 Å². The van der Waals surface area contributed by atoms with Gasteiger partial charge in [0.15, 0.2) is 0 Å². The van der Waals surface area contributed by atoms with Crippen LogP contribution in [0.15, 0.2) is 24.3 Å². The molecule has 4 heteroatoms. The first kappa shape index (κ1) is 11.5. The van der Waals surface area contributed by atoms with Gasteiger partial charge in [0, 0.05) is 13.1 Å². The molecule has 1 aromatic rings. The summed E-state index contributed by atoms with van der Waals surface area (Å²) >= 11 is 1.71. The molecule has 1 heterocycles. The van der Waals surface area contributed by atoms with E-state index in [4.69, 9.17) is 5.73 Å². The highest BCUT2D eigenvalue weighted by molar-refractivity contribution is 8.00. The zero-order valence-electron chi connectivity index (χ0n) is 9.11. The summed E-state index contributed by atoms with van der Waals surface area (Å²) < 4.78 is 0. The number of carbonyl (C=O) groups is 1. The second-order valence-corrected chi connectivity index (χ2v) is 4.99. The van der Waals surface area contributed by atoms with Crippen molar-refractivity contribution in [3.8, 4) is 0 Å². The molecule has 2 rings (SSSR count). The maximum atomic E-state index is 11.9. The molecule has 0 aliphatic carbocycles. The van der Waals surface area contributed by atoms with E-state index in [0.717, 1.165) is 17.7 Å². The number of nitrogens with two attached hydrogens (primary N) is 1. The Morgan fingerprint density at radius 3 is 3.12 bits per heavy atom. The van der Waals surface area contributed by atoms with Crippen molar-refractivity contribution in [2.45, 2.75) is 11.7 Å². The van der Waals surface area contributed by atoms with Crippen LogP contribution in [0.3, 0.4) is 0 Å². The normalized spacial score (nSPS) is 18.9. The molecular weight excluding hydrogens is 220 g/mol. The minimum absolute atomic E-state index is 0.0588. The first-order valence-electron chi connectivity index (χ1n) is 5.50. The van der Waals surface area contributed by atoms with Crippen molar-refractivity contribution in [1.29, 1.82) is 0 Å². The zero-order valence-corrected chi connectivity index (χ0v) is 9.93. The molecule has 0 saturated heterocycles. The minimum atomic E-state index is -0.0588. The Bertz CT molecular complexity index is 381. The fraction of sp³-hybridized carbons (Fsp3) is 0.417. The molecule has 1 aromatic carbocycles. The van der Waals surface area contributed by atoms with E-state index < -0.39 is 0 Å². The topological polar surface area (TPSA) is 55.1 Å². The molecule has 0 bridgehead atoms. The average molecular weight is 236 g/mol. The summed E-state index contributed by atoms with van der Waals surface area (Å²) in [7, 11) is 0. The van der Waals surface area contributed by atoms with Gasteiger partial charge in [-0.15, -0.1) is 11.8 Å². The highest BCUT2D eigenvalue weighted by Crippen LogP contribution is 2.36. The van der Waals surface area contributed by atoms with E-state index in [2.05, 4.69) is 11.4 Å². The molecule has 0 spiro atoms. The van der Waals surface area contributed by atoms with Crippen LogP contribution in [-0.2, 0) is 11.2 Å². The van der Waals surface area contributed by atoms with E-state index in [0.29, 0.717) is 13.1 Å². The molecule has 1 unspecified atom stereocenters. The second-order valence-electron chi connectivity index (χ2n) is 3.78. The lowest BCUT2D eigenvalue weighted by Gasteiger charge is -2.24. The summed E-state index contributed by atoms with van der Waals surface area (Å²) in [5, 5.41) is 2.80. The summed E-state index contributed by atoms with van der Waals surface area (Å²) in [6, 6.07) is 8.18. The molecule has 0 aromatic heterocycles. The van der Waals surface area contributed by atoms with E-state index in [-0.39, 0.29) is 11.2 Å². The van der Waals surface area contributed by atoms with Crippen LogP contribution in [0.1, 0.15) is 16.4 Å². The van der Waals surface area contributed by atoms with Crippen LogP contribution in [0.5, 0.6) is 0 Å². The van der Waals surface area contributed by atoms with E-state index in [1.807, 2.05) is 18.2 Å². The third-order valence-corrected chi connectivity index (χ3v) is 3.92. The number of rotatable bonds is 3. The third kappa shape index (κ3) is 2.39. The molecule has 0 saturated carbocycles. The van der Waals surface area contributed by atoms with Gasteiger partial charge in [0.1, 0.15) is 5.25 Å². The Kier molecular flexibility index (Phi) is 3.85. The van der Waals surface area contributed by atoms with Crippen molar-refractivity contribution in [2.75, 3.05) is 18.8 Å². The van der Waals surface area contributed by atoms with Crippen molar-refractivity contribution in [2.24, 2.45) is 5.73 Å². The number of thioether (sulfide) groups is 1. The largest absolute Gasteiger partial charge is 0.354 e. The molecule has 1 atom stereocenters. The van der Waals surface area contributed by atoms with E-state index in [1.165, 1.54) is 5.56 Å². The van der Waals surface area contributed by atoms with Gasteiger partial charge in [-0.2, -0.15) is 0 Å². The molecule has 3 N–H and O–H groups in total. The minimum Gasteiger partial charge on any atom is -0.354 e. The Labute approximate surface area is 99.8 Å². The van der Waals surface area contributed by atoms with E-state index in [9.17, 15) is 4.79 Å².